The zero-order chi connectivity index (χ0) is 14.4. The quantitative estimate of drug-likeness (QED) is 0.726. The Morgan fingerprint density at radius 3 is 2.68 bits per heavy atom. The molecule has 2 atom stereocenters. The molecule has 2 N–H and O–H groups in total. The van der Waals surface area contributed by atoms with E-state index in [0.717, 1.165) is 13.1 Å². The van der Waals surface area contributed by atoms with Crippen LogP contribution in [-0.4, -0.2) is 79.4 Å². The molecule has 0 saturated carbocycles. The number of piperazine rings is 1. The predicted molar refractivity (Wildman–Crippen MR) is 70.1 cm³/mol. The van der Waals surface area contributed by atoms with Crippen LogP contribution in [0.1, 0.15) is 13.3 Å². The van der Waals surface area contributed by atoms with E-state index >= 15 is 0 Å². The molecule has 0 aromatic heterocycles. The second-order valence-electron chi connectivity index (χ2n) is 4.93. The molecule has 7 heteroatoms. The summed E-state index contributed by atoms with van der Waals surface area (Å²) in [6, 6.07) is -1.14. The van der Waals surface area contributed by atoms with Gasteiger partial charge in [0.15, 0.2) is 0 Å². The average molecular weight is 273 g/mol. The number of hydrogen-bond acceptors (Lipinski definition) is 4. The fraction of sp³-hybridized carbons (Fsp3) is 0.833. The van der Waals surface area contributed by atoms with Crippen LogP contribution in [0.4, 0.5) is 4.79 Å². The van der Waals surface area contributed by atoms with Crippen molar-refractivity contribution in [2.45, 2.75) is 25.4 Å². The molecule has 19 heavy (non-hydrogen) atoms. The summed E-state index contributed by atoms with van der Waals surface area (Å²) in [5, 5.41) is 11.6. The smallest absolute Gasteiger partial charge is 0.326 e. The summed E-state index contributed by atoms with van der Waals surface area (Å²) in [5.41, 5.74) is 0. The van der Waals surface area contributed by atoms with Crippen molar-refractivity contribution in [1.29, 1.82) is 0 Å². The molecule has 1 aliphatic rings. The van der Waals surface area contributed by atoms with Crippen LogP contribution in [0.15, 0.2) is 0 Å². The van der Waals surface area contributed by atoms with E-state index in [4.69, 9.17) is 9.84 Å². The van der Waals surface area contributed by atoms with Crippen LogP contribution in [0.5, 0.6) is 0 Å². The van der Waals surface area contributed by atoms with E-state index in [-0.39, 0.29) is 18.5 Å². The van der Waals surface area contributed by atoms with Gasteiger partial charge in [0.2, 0.25) is 0 Å². The Balaban J connectivity index is 2.53. The molecule has 0 bridgehead atoms. The van der Waals surface area contributed by atoms with Crippen molar-refractivity contribution in [3.05, 3.63) is 0 Å². The highest BCUT2D eigenvalue weighted by molar-refractivity contribution is 5.82. The van der Waals surface area contributed by atoms with E-state index in [2.05, 4.69) is 10.2 Å². The van der Waals surface area contributed by atoms with Gasteiger partial charge in [-0.3, -0.25) is 0 Å². The summed E-state index contributed by atoms with van der Waals surface area (Å²) < 4.78 is 4.85. The van der Waals surface area contributed by atoms with E-state index in [1.807, 2.05) is 14.0 Å². The Hall–Kier alpha value is -1.34. The van der Waals surface area contributed by atoms with Crippen LogP contribution in [0.25, 0.3) is 0 Å². The standard InChI is InChI=1S/C12H23N3O4/c1-9-8-14(2)5-6-15(9)12(18)13-10(11(16)17)4-7-19-3/h9-10H,4-8H2,1-3H3,(H,13,18)(H,16,17). The molecule has 1 saturated heterocycles. The molecule has 0 spiro atoms. The third kappa shape index (κ3) is 4.68. The highest BCUT2D eigenvalue weighted by Gasteiger charge is 2.28. The lowest BCUT2D eigenvalue weighted by molar-refractivity contribution is -0.139. The van der Waals surface area contributed by atoms with Crippen molar-refractivity contribution in [3.63, 3.8) is 0 Å². The zero-order valence-electron chi connectivity index (χ0n) is 11.8. The van der Waals surface area contributed by atoms with Gasteiger partial charge in [-0.25, -0.2) is 9.59 Å². The summed E-state index contributed by atoms with van der Waals surface area (Å²) in [5.74, 6) is -1.04. The normalized spacial score (nSPS) is 22.1. The zero-order valence-corrected chi connectivity index (χ0v) is 11.8. The van der Waals surface area contributed by atoms with E-state index in [1.54, 1.807) is 4.90 Å². The molecule has 1 aliphatic heterocycles. The number of likely N-dealkylation sites (N-methyl/N-ethyl adjacent to an activating group) is 1. The summed E-state index contributed by atoms with van der Waals surface area (Å²) in [6.45, 7) is 4.46. The number of carbonyl (C=O) groups is 2. The average Bonchev–Trinajstić information content (AvgIpc) is 2.33. The molecule has 1 fully saturated rings. The number of rotatable bonds is 5. The number of hydrogen-bond donors (Lipinski definition) is 2. The van der Waals surface area contributed by atoms with Crippen LogP contribution in [-0.2, 0) is 9.53 Å². The van der Waals surface area contributed by atoms with Gasteiger partial charge in [-0.2, -0.15) is 0 Å². The Morgan fingerprint density at radius 2 is 2.16 bits per heavy atom. The van der Waals surface area contributed by atoms with Gasteiger partial charge >= 0.3 is 12.0 Å². The largest absolute Gasteiger partial charge is 0.480 e. The molecule has 0 aromatic rings. The first-order chi connectivity index (χ1) is 8.95. The fourth-order valence-electron chi connectivity index (χ4n) is 2.17. The van der Waals surface area contributed by atoms with Crippen molar-refractivity contribution < 1.29 is 19.4 Å². The minimum Gasteiger partial charge on any atom is -0.480 e. The van der Waals surface area contributed by atoms with Gasteiger partial charge in [0.25, 0.3) is 0 Å². The number of carbonyl (C=O) groups excluding carboxylic acids is 1. The van der Waals surface area contributed by atoms with Crippen molar-refractivity contribution in [2.24, 2.45) is 0 Å². The number of aliphatic carboxylic acids is 1. The lowest BCUT2D eigenvalue weighted by atomic mass is 10.2. The number of carboxylic acid groups (broad SMARTS) is 1. The third-order valence-corrected chi connectivity index (χ3v) is 3.30. The fourth-order valence-corrected chi connectivity index (χ4v) is 2.17. The monoisotopic (exact) mass is 273 g/mol. The molecule has 0 aliphatic carbocycles. The van der Waals surface area contributed by atoms with Gasteiger partial charge in [0, 0.05) is 45.8 Å². The molecular formula is C12H23N3O4. The number of urea groups is 1. The Morgan fingerprint density at radius 1 is 1.47 bits per heavy atom. The van der Waals surface area contributed by atoms with Crippen molar-refractivity contribution >= 4 is 12.0 Å². The molecule has 1 rings (SSSR count). The molecule has 110 valence electrons. The molecule has 1 heterocycles. The maximum absolute atomic E-state index is 12.1. The molecule has 2 unspecified atom stereocenters. The predicted octanol–water partition coefficient (Wildman–Crippen LogP) is -0.178. The van der Waals surface area contributed by atoms with Gasteiger partial charge in [-0.1, -0.05) is 0 Å². The van der Waals surface area contributed by atoms with E-state index in [0.29, 0.717) is 13.2 Å². The Bertz CT molecular complexity index is 324. The summed E-state index contributed by atoms with van der Waals surface area (Å²) in [6.07, 6.45) is 0.264. The molecule has 0 aromatic carbocycles. The van der Waals surface area contributed by atoms with Crippen molar-refractivity contribution in [2.75, 3.05) is 40.4 Å². The SMILES string of the molecule is COCCC(NC(=O)N1CCN(C)CC1C)C(=O)O. The Kier molecular flexibility index (Phi) is 6.04. The first-order valence-electron chi connectivity index (χ1n) is 6.43. The maximum Gasteiger partial charge on any atom is 0.326 e. The van der Waals surface area contributed by atoms with Gasteiger partial charge in [-0.05, 0) is 14.0 Å². The van der Waals surface area contributed by atoms with E-state index < -0.39 is 12.0 Å². The number of carboxylic acids is 1. The van der Waals surface area contributed by atoms with Crippen LogP contribution in [0.2, 0.25) is 0 Å². The minimum atomic E-state index is -1.04. The number of nitrogens with zero attached hydrogens (tertiary/aromatic N) is 2. The van der Waals surface area contributed by atoms with E-state index in [1.165, 1.54) is 7.11 Å². The number of ether oxygens (including phenoxy) is 1. The third-order valence-electron chi connectivity index (χ3n) is 3.30. The van der Waals surface area contributed by atoms with Crippen molar-refractivity contribution in [1.82, 2.24) is 15.1 Å². The van der Waals surface area contributed by atoms with Gasteiger partial charge in [-0.15, -0.1) is 0 Å². The number of methoxy groups -OCH3 is 1. The molecule has 2 amide bonds. The van der Waals surface area contributed by atoms with Crippen LogP contribution >= 0.6 is 0 Å². The highest BCUT2D eigenvalue weighted by atomic mass is 16.5. The molecule has 0 radical (unpaired) electrons. The van der Waals surface area contributed by atoms with Gasteiger partial charge in [0.05, 0.1) is 0 Å². The lowest BCUT2D eigenvalue weighted by Crippen LogP contribution is -2.57. The topological polar surface area (TPSA) is 82.1 Å². The summed E-state index contributed by atoms with van der Waals surface area (Å²) in [7, 11) is 3.51. The number of amides is 2. The first kappa shape index (κ1) is 15.7. The van der Waals surface area contributed by atoms with Gasteiger partial charge < -0.3 is 25.0 Å². The first-order valence-corrected chi connectivity index (χ1v) is 6.43. The summed E-state index contributed by atoms with van der Waals surface area (Å²) in [4.78, 5) is 27.0. The second kappa shape index (κ2) is 7.30. The maximum atomic E-state index is 12.1. The Labute approximate surface area is 113 Å². The summed E-state index contributed by atoms with van der Waals surface area (Å²) >= 11 is 0. The van der Waals surface area contributed by atoms with Gasteiger partial charge in [0.1, 0.15) is 6.04 Å². The van der Waals surface area contributed by atoms with Crippen LogP contribution < -0.4 is 5.32 Å². The number of nitrogens with one attached hydrogen (secondary N) is 1. The highest BCUT2D eigenvalue weighted by Crippen LogP contribution is 2.08. The minimum absolute atomic E-state index is 0.0793. The lowest BCUT2D eigenvalue weighted by Gasteiger charge is -2.38. The molecular weight excluding hydrogens is 250 g/mol. The van der Waals surface area contributed by atoms with E-state index in [9.17, 15) is 9.59 Å². The van der Waals surface area contributed by atoms with Crippen molar-refractivity contribution in [3.8, 4) is 0 Å². The van der Waals surface area contributed by atoms with Crippen LogP contribution in [0, 0.1) is 0 Å². The van der Waals surface area contributed by atoms with Crippen LogP contribution in [0.3, 0.4) is 0 Å². The second-order valence-corrected chi connectivity index (χ2v) is 4.93. The molecule has 7 nitrogen and oxygen atoms in total.